The first-order valence-corrected chi connectivity index (χ1v) is 8.17. The van der Waals surface area contributed by atoms with Gasteiger partial charge in [-0.05, 0) is 18.2 Å². The monoisotopic (exact) mass is 389 g/mol. The van der Waals surface area contributed by atoms with Crippen LogP contribution in [0.2, 0.25) is 0 Å². The van der Waals surface area contributed by atoms with Gasteiger partial charge in [0.25, 0.3) is 5.91 Å². The van der Waals surface area contributed by atoms with Crippen LogP contribution in [0.3, 0.4) is 0 Å². The van der Waals surface area contributed by atoms with E-state index in [-0.39, 0.29) is 30.7 Å². The highest BCUT2D eigenvalue weighted by molar-refractivity contribution is 7.09. The van der Waals surface area contributed by atoms with E-state index in [0.29, 0.717) is 24.3 Å². The third-order valence-electron chi connectivity index (χ3n) is 3.74. The number of aromatic nitrogens is 2. The number of aryl methyl sites for hydroxylation is 1. The maximum Gasteiger partial charge on any atom is 0.254 e. The van der Waals surface area contributed by atoms with Crippen LogP contribution in [0.15, 0.2) is 24.3 Å². The second-order valence-electron chi connectivity index (χ2n) is 5.25. The van der Waals surface area contributed by atoms with Gasteiger partial charge in [-0.1, -0.05) is 13.0 Å². The molecule has 0 saturated carbocycles. The number of rotatable bonds is 3. The molecule has 2 aromatic rings. The van der Waals surface area contributed by atoms with E-state index in [1.165, 1.54) is 11.5 Å². The highest BCUT2D eigenvalue weighted by atomic mass is 35.5. The third-order valence-corrected chi connectivity index (χ3v) is 4.56. The topological polar surface area (TPSA) is 75.4 Å². The van der Waals surface area contributed by atoms with Crippen molar-refractivity contribution >= 4 is 53.1 Å². The van der Waals surface area contributed by atoms with Crippen LogP contribution in [-0.4, -0.2) is 46.3 Å². The molecule has 132 valence electrons. The van der Waals surface area contributed by atoms with Crippen molar-refractivity contribution in [1.82, 2.24) is 14.3 Å². The molecule has 1 aliphatic heterocycles. The molecule has 2 heterocycles. The molecule has 24 heavy (non-hydrogen) atoms. The van der Waals surface area contributed by atoms with Gasteiger partial charge in [0, 0.05) is 55.4 Å². The number of piperazine rings is 1. The van der Waals surface area contributed by atoms with Gasteiger partial charge in [0.15, 0.2) is 0 Å². The average Bonchev–Trinajstić information content (AvgIpc) is 3.03. The fraction of sp³-hybridized carbons (Fsp3) is 0.400. The van der Waals surface area contributed by atoms with Crippen LogP contribution >= 0.6 is 36.3 Å². The quantitative estimate of drug-likeness (QED) is 0.815. The van der Waals surface area contributed by atoms with E-state index in [4.69, 9.17) is 5.73 Å². The Kier molecular flexibility index (Phi) is 7.72. The molecule has 0 aliphatic carbocycles. The van der Waals surface area contributed by atoms with Gasteiger partial charge in [0.2, 0.25) is 5.13 Å². The fourth-order valence-electron chi connectivity index (χ4n) is 2.47. The Morgan fingerprint density at radius 2 is 1.96 bits per heavy atom. The van der Waals surface area contributed by atoms with E-state index >= 15 is 0 Å². The summed E-state index contributed by atoms with van der Waals surface area (Å²) in [4.78, 5) is 21.0. The minimum Gasteiger partial charge on any atom is -0.399 e. The smallest absolute Gasteiger partial charge is 0.254 e. The van der Waals surface area contributed by atoms with Crippen LogP contribution in [-0.2, 0) is 6.42 Å². The van der Waals surface area contributed by atoms with Gasteiger partial charge < -0.3 is 15.5 Å². The van der Waals surface area contributed by atoms with Gasteiger partial charge in [-0.3, -0.25) is 4.79 Å². The van der Waals surface area contributed by atoms with Crippen molar-refractivity contribution in [2.24, 2.45) is 0 Å². The molecule has 0 radical (unpaired) electrons. The lowest BCUT2D eigenvalue weighted by atomic mass is 10.1. The number of carbonyl (C=O) groups excluding carboxylic acids is 1. The Morgan fingerprint density at radius 3 is 2.54 bits per heavy atom. The lowest BCUT2D eigenvalue weighted by Gasteiger charge is -2.34. The Balaban J connectivity index is 0.00000144. The van der Waals surface area contributed by atoms with Crippen molar-refractivity contribution in [2.75, 3.05) is 36.8 Å². The molecular weight excluding hydrogens is 369 g/mol. The summed E-state index contributed by atoms with van der Waals surface area (Å²) in [7, 11) is 0. The van der Waals surface area contributed by atoms with Crippen LogP contribution in [0.4, 0.5) is 10.8 Å². The lowest BCUT2D eigenvalue weighted by Crippen LogP contribution is -2.48. The average molecular weight is 390 g/mol. The zero-order chi connectivity index (χ0) is 15.5. The van der Waals surface area contributed by atoms with Crippen molar-refractivity contribution in [3.63, 3.8) is 0 Å². The molecule has 1 aliphatic rings. The van der Waals surface area contributed by atoms with E-state index in [1.807, 2.05) is 24.0 Å². The summed E-state index contributed by atoms with van der Waals surface area (Å²) < 4.78 is 4.32. The molecule has 1 fully saturated rings. The van der Waals surface area contributed by atoms with Crippen LogP contribution < -0.4 is 10.6 Å². The molecule has 1 saturated heterocycles. The van der Waals surface area contributed by atoms with Gasteiger partial charge >= 0.3 is 0 Å². The summed E-state index contributed by atoms with van der Waals surface area (Å²) >= 11 is 1.43. The molecule has 0 atom stereocenters. The number of hydrogen-bond donors (Lipinski definition) is 1. The first kappa shape index (κ1) is 20.5. The standard InChI is InChI=1S/C15H19N5OS.2ClH/c1-2-13-17-15(22-18-13)20-8-6-19(7-9-20)14(21)11-4-3-5-12(16)10-11;;/h3-5,10H,2,6-9,16H2,1H3;2*1H. The van der Waals surface area contributed by atoms with Crippen molar-refractivity contribution in [2.45, 2.75) is 13.3 Å². The van der Waals surface area contributed by atoms with Gasteiger partial charge in [-0.15, -0.1) is 24.8 Å². The molecule has 0 bridgehead atoms. The predicted molar refractivity (Wildman–Crippen MR) is 103 cm³/mol. The van der Waals surface area contributed by atoms with Gasteiger partial charge in [0.05, 0.1) is 0 Å². The lowest BCUT2D eigenvalue weighted by molar-refractivity contribution is 0.0747. The number of halogens is 2. The van der Waals surface area contributed by atoms with Crippen LogP contribution in [0.5, 0.6) is 0 Å². The highest BCUT2D eigenvalue weighted by Gasteiger charge is 2.24. The Labute approximate surface area is 158 Å². The summed E-state index contributed by atoms with van der Waals surface area (Å²) in [5, 5.41) is 0.952. The van der Waals surface area contributed by atoms with Crippen LogP contribution in [0.1, 0.15) is 23.1 Å². The van der Waals surface area contributed by atoms with Gasteiger partial charge in [-0.25, -0.2) is 4.98 Å². The SMILES string of the molecule is CCc1nsc(N2CCN(C(=O)c3cccc(N)c3)CC2)n1.Cl.Cl. The molecule has 6 nitrogen and oxygen atoms in total. The number of nitrogens with two attached hydrogens (primary N) is 1. The van der Waals surface area contributed by atoms with E-state index in [0.717, 1.165) is 30.5 Å². The van der Waals surface area contributed by atoms with Crippen LogP contribution in [0.25, 0.3) is 0 Å². The molecule has 9 heteroatoms. The Bertz CT molecular complexity index is 673. The van der Waals surface area contributed by atoms with E-state index < -0.39 is 0 Å². The molecular formula is C15H21Cl2N5OS. The summed E-state index contributed by atoms with van der Waals surface area (Å²) in [5.74, 6) is 0.928. The second kappa shape index (κ2) is 9.05. The van der Waals surface area contributed by atoms with E-state index in [2.05, 4.69) is 14.3 Å². The molecule has 1 aromatic heterocycles. The minimum atomic E-state index is 0. The Hall–Kier alpha value is -1.57. The molecule has 3 rings (SSSR count). The molecule has 2 N–H and O–H groups in total. The van der Waals surface area contributed by atoms with Crippen molar-refractivity contribution < 1.29 is 4.79 Å². The molecule has 1 aromatic carbocycles. The molecule has 0 spiro atoms. The maximum absolute atomic E-state index is 12.5. The summed E-state index contributed by atoms with van der Waals surface area (Å²) in [5.41, 5.74) is 7.01. The predicted octanol–water partition coefficient (Wildman–Crippen LogP) is 2.49. The third kappa shape index (κ3) is 4.49. The van der Waals surface area contributed by atoms with Crippen molar-refractivity contribution in [3.05, 3.63) is 35.7 Å². The van der Waals surface area contributed by atoms with Crippen molar-refractivity contribution in [3.8, 4) is 0 Å². The summed E-state index contributed by atoms with van der Waals surface area (Å²) in [6, 6.07) is 7.14. The zero-order valence-corrected chi connectivity index (χ0v) is 15.8. The summed E-state index contributed by atoms with van der Waals surface area (Å²) in [6.07, 6.45) is 0.852. The van der Waals surface area contributed by atoms with Crippen LogP contribution in [0, 0.1) is 0 Å². The normalized spacial score (nSPS) is 13.9. The van der Waals surface area contributed by atoms with E-state index in [1.54, 1.807) is 12.1 Å². The maximum atomic E-state index is 12.5. The largest absolute Gasteiger partial charge is 0.399 e. The number of hydrogen-bond acceptors (Lipinski definition) is 6. The van der Waals surface area contributed by atoms with Gasteiger partial charge in [0.1, 0.15) is 5.82 Å². The fourth-order valence-corrected chi connectivity index (χ4v) is 3.27. The number of nitrogen functional groups attached to an aromatic ring is 1. The molecule has 1 amide bonds. The summed E-state index contributed by atoms with van der Waals surface area (Å²) in [6.45, 7) is 5.00. The first-order chi connectivity index (χ1) is 10.7. The second-order valence-corrected chi connectivity index (χ2v) is 5.98. The minimum absolute atomic E-state index is 0. The van der Waals surface area contributed by atoms with Crippen molar-refractivity contribution in [1.29, 1.82) is 0 Å². The number of anilines is 2. The first-order valence-electron chi connectivity index (χ1n) is 7.39. The molecule has 0 unspecified atom stereocenters. The number of carbonyl (C=O) groups is 1. The Morgan fingerprint density at radius 1 is 1.25 bits per heavy atom. The highest BCUT2D eigenvalue weighted by Crippen LogP contribution is 2.20. The van der Waals surface area contributed by atoms with E-state index in [9.17, 15) is 4.79 Å². The number of benzene rings is 1. The number of nitrogens with zero attached hydrogens (tertiary/aromatic N) is 4. The van der Waals surface area contributed by atoms with Gasteiger partial charge in [-0.2, -0.15) is 4.37 Å². The zero-order valence-electron chi connectivity index (χ0n) is 13.3. The number of amides is 1.